The molecule has 0 radical (unpaired) electrons. The number of rotatable bonds is 7. The van der Waals surface area contributed by atoms with Gasteiger partial charge in [0, 0.05) is 5.02 Å². The highest BCUT2D eigenvalue weighted by Crippen LogP contribution is 2.17. The highest BCUT2D eigenvalue weighted by molar-refractivity contribution is 6.30. The number of hydrogen-bond donors (Lipinski definition) is 3. The minimum atomic E-state index is -0.951. The molecule has 0 amide bonds. The fourth-order valence-corrected chi connectivity index (χ4v) is 1.86. The molecule has 1 heterocycles. The normalized spacial score (nSPS) is 12.4. The zero-order chi connectivity index (χ0) is 15.2. The van der Waals surface area contributed by atoms with Gasteiger partial charge < -0.3 is 20.1 Å². The van der Waals surface area contributed by atoms with E-state index in [0.29, 0.717) is 22.2 Å². The van der Waals surface area contributed by atoms with E-state index >= 15 is 0 Å². The molecule has 1 aromatic heterocycles. The average Bonchev–Trinajstić information content (AvgIpc) is 2.88. The van der Waals surface area contributed by atoms with E-state index < -0.39 is 6.10 Å². The Labute approximate surface area is 126 Å². The summed E-state index contributed by atoms with van der Waals surface area (Å²) in [6, 6.07) is 6.85. The second-order valence-electron chi connectivity index (χ2n) is 4.40. The maximum Gasteiger partial charge on any atom is 0.132 e. The molecule has 1 unspecified atom stereocenters. The third kappa shape index (κ3) is 4.15. The topological polar surface area (TPSA) is 101 Å². The van der Waals surface area contributed by atoms with Gasteiger partial charge >= 0.3 is 0 Å². The van der Waals surface area contributed by atoms with Crippen molar-refractivity contribution in [3.05, 3.63) is 40.7 Å². The Balaban J connectivity index is 2.10. The molecule has 2 rings (SSSR count). The van der Waals surface area contributed by atoms with Gasteiger partial charge in [-0.1, -0.05) is 16.8 Å². The third-order valence-corrected chi connectivity index (χ3v) is 3.10. The van der Waals surface area contributed by atoms with Crippen LogP contribution < -0.4 is 4.74 Å². The molecule has 8 heteroatoms. The van der Waals surface area contributed by atoms with Crippen molar-refractivity contribution in [3.8, 4) is 5.75 Å². The van der Waals surface area contributed by atoms with Crippen LogP contribution in [0, 0.1) is 0 Å². The van der Waals surface area contributed by atoms with Crippen molar-refractivity contribution in [1.29, 1.82) is 0 Å². The minimum Gasteiger partial charge on any atom is -0.487 e. The molecule has 0 aliphatic rings. The quantitative estimate of drug-likeness (QED) is 0.682. The van der Waals surface area contributed by atoms with Gasteiger partial charge in [0.05, 0.1) is 25.9 Å². The summed E-state index contributed by atoms with van der Waals surface area (Å²) in [5.74, 6) is 0.610. The molecular formula is C13H16ClN3O4. The van der Waals surface area contributed by atoms with Crippen LogP contribution in [0.1, 0.15) is 11.4 Å². The van der Waals surface area contributed by atoms with Gasteiger partial charge in [-0.05, 0) is 24.3 Å². The van der Waals surface area contributed by atoms with Gasteiger partial charge in [0.25, 0.3) is 0 Å². The van der Waals surface area contributed by atoms with Crippen LogP contribution in [0.3, 0.4) is 0 Å². The molecule has 0 saturated heterocycles. The number of ether oxygens (including phenoxy) is 1. The van der Waals surface area contributed by atoms with Gasteiger partial charge in [-0.15, -0.1) is 5.10 Å². The first-order valence-electron chi connectivity index (χ1n) is 6.33. The Morgan fingerprint density at radius 3 is 2.57 bits per heavy atom. The highest BCUT2D eigenvalue weighted by atomic mass is 35.5. The molecule has 7 nitrogen and oxygen atoms in total. The van der Waals surface area contributed by atoms with Gasteiger partial charge in [-0.2, -0.15) is 0 Å². The van der Waals surface area contributed by atoms with Gasteiger partial charge in [0.1, 0.15) is 23.7 Å². The molecule has 21 heavy (non-hydrogen) atoms. The first-order valence-corrected chi connectivity index (χ1v) is 6.71. The fraction of sp³-hybridized carbons (Fsp3) is 0.385. The Hall–Kier alpha value is -1.67. The first kappa shape index (κ1) is 15.7. The SMILES string of the molecule is OCc1nnn(CC(O)CO)c1COc1ccc(Cl)cc1. The van der Waals surface area contributed by atoms with E-state index in [0.717, 1.165) is 0 Å². The molecule has 3 N–H and O–H groups in total. The minimum absolute atomic E-state index is 0.0722. The maximum absolute atomic E-state index is 9.48. The zero-order valence-electron chi connectivity index (χ0n) is 11.2. The van der Waals surface area contributed by atoms with E-state index in [2.05, 4.69) is 10.3 Å². The van der Waals surface area contributed by atoms with Crippen molar-refractivity contribution >= 4 is 11.6 Å². The summed E-state index contributed by atoms with van der Waals surface area (Å²) in [7, 11) is 0. The van der Waals surface area contributed by atoms with Crippen LogP contribution in [0.5, 0.6) is 5.75 Å². The van der Waals surface area contributed by atoms with Crippen LogP contribution >= 0.6 is 11.6 Å². The van der Waals surface area contributed by atoms with Crippen LogP contribution in [0.25, 0.3) is 0 Å². The number of aromatic nitrogens is 3. The smallest absolute Gasteiger partial charge is 0.132 e. The molecule has 0 fully saturated rings. The number of benzene rings is 1. The van der Waals surface area contributed by atoms with Crippen LogP contribution in [0.2, 0.25) is 5.02 Å². The monoisotopic (exact) mass is 313 g/mol. The lowest BCUT2D eigenvalue weighted by Crippen LogP contribution is -2.22. The van der Waals surface area contributed by atoms with E-state index in [9.17, 15) is 10.2 Å². The summed E-state index contributed by atoms with van der Waals surface area (Å²) >= 11 is 5.79. The number of aliphatic hydroxyl groups excluding tert-OH is 3. The molecule has 0 saturated carbocycles. The van der Waals surface area contributed by atoms with Crippen molar-refractivity contribution < 1.29 is 20.1 Å². The summed E-state index contributed by atoms with van der Waals surface area (Å²) in [6.45, 7) is -0.466. The zero-order valence-corrected chi connectivity index (χ0v) is 11.9. The van der Waals surface area contributed by atoms with Crippen molar-refractivity contribution in [3.63, 3.8) is 0 Å². The fourth-order valence-electron chi connectivity index (χ4n) is 1.74. The summed E-state index contributed by atoms with van der Waals surface area (Å²) in [4.78, 5) is 0. The summed E-state index contributed by atoms with van der Waals surface area (Å²) < 4.78 is 6.99. The second kappa shape index (κ2) is 7.37. The van der Waals surface area contributed by atoms with E-state index in [1.165, 1.54) is 4.68 Å². The maximum atomic E-state index is 9.48. The standard InChI is InChI=1S/C13H16ClN3O4/c14-9-1-3-11(4-2-9)21-8-13-12(7-19)15-16-17(13)5-10(20)6-18/h1-4,10,18-20H,5-8H2. The molecule has 1 atom stereocenters. The van der Waals surface area contributed by atoms with Crippen LogP contribution in [0.15, 0.2) is 24.3 Å². The Morgan fingerprint density at radius 2 is 1.95 bits per heavy atom. The molecule has 2 aromatic rings. The van der Waals surface area contributed by atoms with E-state index in [1.807, 2.05) is 0 Å². The molecule has 0 aliphatic heterocycles. The molecule has 0 spiro atoms. The van der Waals surface area contributed by atoms with E-state index in [-0.39, 0.29) is 26.4 Å². The lowest BCUT2D eigenvalue weighted by Gasteiger charge is -2.12. The van der Waals surface area contributed by atoms with Crippen molar-refractivity contribution in [1.82, 2.24) is 15.0 Å². The van der Waals surface area contributed by atoms with Crippen molar-refractivity contribution in [2.45, 2.75) is 25.9 Å². The number of halogens is 1. The van der Waals surface area contributed by atoms with Crippen LogP contribution in [-0.4, -0.2) is 43.0 Å². The van der Waals surface area contributed by atoms with E-state index in [1.54, 1.807) is 24.3 Å². The molecule has 0 bridgehead atoms. The largest absolute Gasteiger partial charge is 0.487 e. The summed E-state index contributed by atoms with van der Waals surface area (Å²) in [5.41, 5.74) is 0.911. The molecule has 1 aromatic carbocycles. The number of nitrogens with zero attached hydrogens (tertiary/aromatic N) is 3. The lowest BCUT2D eigenvalue weighted by molar-refractivity contribution is 0.0760. The average molecular weight is 314 g/mol. The Bertz CT molecular complexity index is 573. The molecule has 114 valence electrons. The lowest BCUT2D eigenvalue weighted by atomic mass is 10.3. The Morgan fingerprint density at radius 1 is 1.24 bits per heavy atom. The Kier molecular flexibility index (Phi) is 5.51. The third-order valence-electron chi connectivity index (χ3n) is 2.85. The molecule has 0 aliphatic carbocycles. The highest BCUT2D eigenvalue weighted by Gasteiger charge is 2.15. The number of aliphatic hydroxyl groups is 3. The second-order valence-corrected chi connectivity index (χ2v) is 4.84. The van der Waals surface area contributed by atoms with E-state index in [4.69, 9.17) is 21.4 Å². The van der Waals surface area contributed by atoms with Crippen LogP contribution in [-0.2, 0) is 19.8 Å². The van der Waals surface area contributed by atoms with Crippen LogP contribution in [0.4, 0.5) is 0 Å². The van der Waals surface area contributed by atoms with Gasteiger partial charge in [0.15, 0.2) is 0 Å². The van der Waals surface area contributed by atoms with Crippen molar-refractivity contribution in [2.75, 3.05) is 6.61 Å². The summed E-state index contributed by atoms with van der Waals surface area (Å²) in [5, 5.41) is 35.9. The number of hydrogen-bond acceptors (Lipinski definition) is 6. The molecular weight excluding hydrogens is 298 g/mol. The predicted molar refractivity (Wildman–Crippen MR) is 74.8 cm³/mol. The van der Waals surface area contributed by atoms with Gasteiger partial charge in [0.2, 0.25) is 0 Å². The van der Waals surface area contributed by atoms with Gasteiger partial charge in [-0.25, -0.2) is 4.68 Å². The van der Waals surface area contributed by atoms with Gasteiger partial charge in [-0.3, -0.25) is 0 Å². The predicted octanol–water partition coefficient (Wildman–Crippen LogP) is 0.356. The van der Waals surface area contributed by atoms with Crippen molar-refractivity contribution in [2.24, 2.45) is 0 Å². The first-order chi connectivity index (χ1) is 10.1. The summed E-state index contributed by atoms with van der Waals surface area (Å²) in [6.07, 6.45) is -0.951.